The minimum absolute atomic E-state index is 0.0348. The van der Waals surface area contributed by atoms with E-state index in [1.54, 1.807) is 6.92 Å². The molecule has 0 aliphatic heterocycles. The van der Waals surface area contributed by atoms with E-state index in [0.29, 0.717) is 22.6 Å². The zero-order valence-corrected chi connectivity index (χ0v) is 16.4. The lowest BCUT2D eigenvalue weighted by atomic mass is 10.1. The van der Waals surface area contributed by atoms with Crippen LogP contribution in [0.15, 0.2) is 34.9 Å². The van der Waals surface area contributed by atoms with E-state index in [0.717, 1.165) is 4.68 Å². The minimum atomic E-state index is -4.84. The summed E-state index contributed by atoms with van der Waals surface area (Å²) in [6, 6.07) is 6.88. The van der Waals surface area contributed by atoms with E-state index >= 15 is 0 Å². The molecule has 8 nitrogen and oxygen atoms in total. The van der Waals surface area contributed by atoms with Gasteiger partial charge in [-0.3, -0.25) is 9.48 Å². The topological polar surface area (TPSA) is 102 Å². The van der Waals surface area contributed by atoms with Crippen molar-refractivity contribution in [3.8, 4) is 17.1 Å². The summed E-state index contributed by atoms with van der Waals surface area (Å²) in [4.78, 5) is 12.1. The van der Waals surface area contributed by atoms with Crippen molar-refractivity contribution in [2.75, 3.05) is 6.54 Å². The van der Waals surface area contributed by atoms with Crippen LogP contribution in [0.5, 0.6) is 5.88 Å². The molecule has 1 amide bonds. The van der Waals surface area contributed by atoms with Gasteiger partial charge >= 0.3 is 6.18 Å². The van der Waals surface area contributed by atoms with Crippen molar-refractivity contribution in [1.82, 2.24) is 20.3 Å². The van der Waals surface area contributed by atoms with Crippen LogP contribution in [-0.2, 0) is 13.7 Å². The van der Waals surface area contributed by atoms with Crippen molar-refractivity contribution in [3.05, 3.63) is 53.2 Å². The Morgan fingerprint density at radius 2 is 2.00 bits per heavy atom. The highest BCUT2D eigenvalue weighted by molar-refractivity contribution is 5.92. The van der Waals surface area contributed by atoms with E-state index in [9.17, 15) is 22.4 Å². The first-order valence-corrected chi connectivity index (χ1v) is 8.97. The molecule has 2 aromatic heterocycles. The quantitative estimate of drug-likeness (QED) is 0.546. The number of carbonyl (C=O) groups excluding carboxylic acids is 1. The number of hydrogen-bond donors (Lipinski definition) is 2. The minimum Gasteiger partial charge on any atom is -0.471 e. The van der Waals surface area contributed by atoms with Crippen LogP contribution in [0.25, 0.3) is 11.3 Å². The molecule has 31 heavy (non-hydrogen) atoms. The van der Waals surface area contributed by atoms with Crippen molar-refractivity contribution in [1.29, 1.82) is 0 Å². The third kappa shape index (κ3) is 5.20. The van der Waals surface area contributed by atoms with Gasteiger partial charge < -0.3 is 19.7 Å². The van der Waals surface area contributed by atoms with Gasteiger partial charge in [0.15, 0.2) is 6.10 Å². The van der Waals surface area contributed by atoms with Gasteiger partial charge in [0.25, 0.3) is 5.91 Å². The van der Waals surface area contributed by atoms with E-state index < -0.39 is 30.5 Å². The Kier molecular flexibility index (Phi) is 6.29. The third-order valence-electron chi connectivity index (χ3n) is 4.39. The van der Waals surface area contributed by atoms with Gasteiger partial charge in [-0.05, 0) is 31.2 Å². The molecule has 0 saturated heterocycles. The molecule has 1 unspecified atom stereocenters. The van der Waals surface area contributed by atoms with E-state index in [1.165, 1.54) is 37.4 Å². The molecule has 3 rings (SSSR count). The second-order valence-electron chi connectivity index (χ2n) is 6.62. The van der Waals surface area contributed by atoms with E-state index in [1.807, 2.05) is 5.32 Å². The first-order chi connectivity index (χ1) is 14.6. The number of nitrogens with one attached hydrogen (secondary N) is 1. The lowest BCUT2D eigenvalue weighted by Gasteiger charge is -2.14. The second-order valence-corrected chi connectivity index (χ2v) is 6.62. The summed E-state index contributed by atoms with van der Waals surface area (Å²) >= 11 is 0. The van der Waals surface area contributed by atoms with Crippen molar-refractivity contribution in [3.63, 3.8) is 0 Å². The van der Waals surface area contributed by atoms with Crippen LogP contribution in [0.2, 0.25) is 0 Å². The Labute approximate surface area is 173 Å². The Morgan fingerprint density at radius 3 is 2.65 bits per heavy atom. The molecule has 0 aliphatic rings. The van der Waals surface area contributed by atoms with Crippen molar-refractivity contribution >= 4 is 5.91 Å². The average Bonchev–Trinajstić information content (AvgIpc) is 3.26. The molecule has 0 saturated carbocycles. The number of rotatable bonds is 7. The normalized spacial score (nSPS) is 12.6. The average molecular weight is 442 g/mol. The number of aryl methyl sites for hydroxylation is 2. The highest BCUT2D eigenvalue weighted by atomic mass is 19.4. The van der Waals surface area contributed by atoms with Crippen LogP contribution in [0, 0.1) is 12.7 Å². The number of aliphatic hydroxyl groups is 1. The van der Waals surface area contributed by atoms with Crippen LogP contribution in [0.1, 0.15) is 21.8 Å². The molecule has 0 aliphatic carbocycles. The maximum absolute atomic E-state index is 13.2. The maximum atomic E-state index is 13.2. The number of benzene rings is 1. The van der Waals surface area contributed by atoms with Crippen molar-refractivity contribution in [2.24, 2.45) is 7.05 Å². The lowest BCUT2D eigenvalue weighted by molar-refractivity contribution is -0.201. The number of halogens is 4. The maximum Gasteiger partial charge on any atom is 0.416 e. The summed E-state index contributed by atoms with van der Waals surface area (Å²) < 4.78 is 62.1. The smallest absolute Gasteiger partial charge is 0.416 e. The molecule has 2 heterocycles. The Bertz CT molecular complexity index is 1060. The summed E-state index contributed by atoms with van der Waals surface area (Å²) in [7, 11) is 1.41. The number of aliphatic hydroxyl groups excluding tert-OH is 1. The molecular weight excluding hydrogens is 424 g/mol. The van der Waals surface area contributed by atoms with Gasteiger partial charge in [0.1, 0.15) is 29.6 Å². The summed E-state index contributed by atoms with van der Waals surface area (Å²) in [5.74, 6) is -0.755. The molecule has 1 atom stereocenters. The highest BCUT2D eigenvalue weighted by Gasteiger charge is 2.38. The van der Waals surface area contributed by atoms with Crippen LogP contribution in [0.3, 0.4) is 0 Å². The van der Waals surface area contributed by atoms with Gasteiger partial charge in [-0.1, -0.05) is 5.16 Å². The molecule has 3 aromatic rings. The molecule has 0 spiro atoms. The highest BCUT2D eigenvalue weighted by Crippen LogP contribution is 2.27. The molecule has 0 fully saturated rings. The molecular formula is C19H18F4N4O4. The third-order valence-corrected chi connectivity index (χ3v) is 4.39. The molecule has 1 aromatic carbocycles. The van der Waals surface area contributed by atoms with Crippen molar-refractivity contribution < 1.29 is 36.7 Å². The fourth-order valence-electron chi connectivity index (χ4n) is 2.66. The molecule has 0 bridgehead atoms. The number of nitrogens with zero attached hydrogens (tertiary/aromatic N) is 3. The number of carbonyl (C=O) groups is 1. The SMILES string of the molecule is Cc1onc(-c2ccc(F)cc2)c1COc1cc(C(=O)NCC(O)C(F)(F)F)n(C)n1. The predicted molar refractivity (Wildman–Crippen MR) is 98.6 cm³/mol. The first kappa shape index (κ1) is 22.3. The van der Waals surface area contributed by atoms with Crippen LogP contribution in [-0.4, -0.2) is 44.8 Å². The summed E-state index contributed by atoms with van der Waals surface area (Å²) in [5.41, 5.74) is 1.58. The van der Waals surface area contributed by atoms with Crippen molar-refractivity contribution in [2.45, 2.75) is 25.8 Å². The molecule has 2 N–H and O–H groups in total. The lowest BCUT2D eigenvalue weighted by Crippen LogP contribution is -2.41. The number of alkyl halides is 3. The number of aromatic nitrogens is 3. The molecule has 12 heteroatoms. The molecule has 0 radical (unpaired) electrons. The van der Waals surface area contributed by atoms with Gasteiger partial charge in [-0.2, -0.15) is 13.2 Å². The summed E-state index contributed by atoms with van der Waals surface area (Å²) in [5, 5.41) is 18.9. The number of ether oxygens (including phenoxy) is 1. The predicted octanol–water partition coefficient (Wildman–Crippen LogP) is 2.75. The van der Waals surface area contributed by atoms with Crippen LogP contribution in [0.4, 0.5) is 17.6 Å². The summed E-state index contributed by atoms with van der Waals surface area (Å²) in [6.07, 6.45) is -7.52. The zero-order valence-electron chi connectivity index (χ0n) is 16.4. The van der Waals surface area contributed by atoms with E-state index in [-0.39, 0.29) is 18.2 Å². The Morgan fingerprint density at radius 1 is 1.32 bits per heavy atom. The number of hydrogen-bond acceptors (Lipinski definition) is 6. The van der Waals surface area contributed by atoms with Gasteiger partial charge in [-0.15, -0.1) is 5.10 Å². The van der Waals surface area contributed by atoms with E-state index in [2.05, 4.69) is 10.3 Å². The van der Waals surface area contributed by atoms with Gasteiger partial charge in [0.2, 0.25) is 5.88 Å². The van der Waals surface area contributed by atoms with Crippen LogP contribution >= 0.6 is 0 Å². The standard InChI is InChI=1S/C19H18F4N4O4/c1-10-13(17(26-31-10)11-3-5-12(20)6-4-11)9-30-16-7-14(27(2)25-16)18(29)24-8-15(28)19(21,22)23/h3-7,15,28H,8-9H2,1-2H3,(H,24,29). The van der Waals surface area contributed by atoms with Gasteiger partial charge in [0.05, 0.1) is 12.1 Å². The largest absolute Gasteiger partial charge is 0.471 e. The Hall–Kier alpha value is -3.41. The Balaban J connectivity index is 1.68. The first-order valence-electron chi connectivity index (χ1n) is 8.97. The van der Waals surface area contributed by atoms with Gasteiger partial charge in [0, 0.05) is 18.7 Å². The fraction of sp³-hybridized carbons (Fsp3) is 0.316. The van der Waals surface area contributed by atoms with E-state index in [4.69, 9.17) is 14.4 Å². The van der Waals surface area contributed by atoms with Crippen LogP contribution < -0.4 is 10.1 Å². The zero-order chi connectivity index (χ0) is 22.8. The fourth-order valence-corrected chi connectivity index (χ4v) is 2.66. The summed E-state index contributed by atoms with van der Waals surface area (Å²) in [6.45, 7) is 0.638. The molecule has 166 valence electrons. The monoisotopic (exact) mass is 442 g/mol. The second kappa shape index (κ2) is 8.76. The van der Waals surface area contributed by atoms with Gasteiger partial charge in [-0.25, -0.2) is 4.39 Å². The number of amides is 1.